The van der Waals surface area contributed by atoms with Crippen LogP contribution in [0, 0.1) is 0 Å². The van der Waals surface area contributed by atoms with Gasteiger partial charge in [-0.1, -0.05) is 6.07 Å². The molecule has 4 aromatic heterocycles. The highest BCUT2D eigenvalue weighted by molar-refractivity contribution is 6.08. The lowest BCUT2D eigenvalue weighted by atomic mass is 10.1. The van der Waals surface area contributed by atoms with Crippen LogP contribution in [0.25, 0.3) is 22.7 Å². The molecule has 4 heterocycles. The van der Waals surface area contributed by atoms with E-state index in [2.05, 4.69) is 20.4 Å². The van der Waals surface area contributed by atoms with Gasteiger partial charge in [0.1, 0.15) is 17.1 Å². The van der Waals surface area contributed by atoms with Crippen molar-refractivity contribution in [3.8, 4) is 22.7 Å². The molecule has 0 unspecified atom stereocenters. The molecule has 4 rings (SSSR count). The minimum atomic E-state index is -0.370. The molecule has 0 saturated carbocycles. The quantitative estimate of drug-likeness (QED) is 0.382. The number of pyridine rings is 2. The molecule has 4 aromatic rings. The third kappa shape index (κ3) is 5.08. The summed E-state index contributed by atoms with van der Waals surface area (Å²) in [5, 5.41) is 7.54. The smallest absolute Gasteiger partial charge is 0.275 e. The van der Waals surface area contributed by atoms with Gasteiger partial charge < -0.3 is 19.2 Å². The van der Waals surface area contributed by atoms with Crippen molar-refractivity contribution in [1.82, 2.24) is 19.7 Å². The highest BCUT2D eigenvalue weighted by Gasteiger charge is 2.20. The van der Waals surface area contributed by atoms with Gasteiger partial charge in [0.2, 0.25) is 0 Å². The second-order valence-corrected chi connectivity index (χ2v) is 6.81. The number of furan rings is 1. The van der Waals surface area contributed by atoms with Gasteiger partial charge in [-0.3, -0.25) is 19.4 Å². The third-order valence-corrected chi connectivity index (χ3v) is 4.62. The fourth-order valence-corrected chi connectivity index (χ4v) is 3.12. The monoisotopic (exact) mass is 433 g/mol. The van der Waals surface area contributed by atoms with Crippen molar-refractivity contribution < 1.29 is 18.7 Å². The van der Waals surface area contributed by atoms with Crippen molar-refractivity contribution in [3.63, 3.8) is 0 Å². The van der Waals surface area contributed by atoms with Gasteiger partial charge in [0.25, 0.3) is 5.91 Å². The molecule has 1 N–H and O–H groups in total. The Morgan fingerprint density at radius 3 is 2.75 bits per heavy atom. The van der Waals surface area contributed by atoms with Gasteiger partial charge in [-0.15, -0.1) is 0 Å². The first-order valence-electron chi connectivity index (χ1n) is 10.1. The Kier molecular flexibility index (Phi) is 7.01. The number of ether oxygens (including phenoxy) is 2. The van der Waals surface area contributed by atoms with E-state index < -0.39 is 0 Å². The molecular formula is C23H23N5O4. The van der Waals surface area contributed by atoms with Crippen LogP contribution < -0.4 is 5.32 Å². The Morgan fingerprint density at radius 2 is 1.97 bits per heavy atom. The Bertz CT molecular complexity index is 1140. The Labute approximate surface area is 185 Å². The number of hydrogen-bond donors (Lipinski definition) is 1. The fourth-order valence-electron chi connectivity index (χ4n) is 3.12. The van der Waals surface area contributed by atoms with Gasteiger partial charge in [0.15, 0.2) is 0 Å². The molecule has 0 fully saturated rings. The lowest BCUT2D eigenvalue weighted by Crippen LogP contribution is -2.15. The van der Waals surface area contributed by atoms with Crippen LogP contribution in [0.2, 0.25) is 0 Å². The van der Waals surface area contributed by atoms with Crippen LogP contribution in [-0.2, 0) is 16.0 Å². The number of methoxy groups -OCH3 is 1. The topological polar surface area (TPSA) is 104 Å². The van der Waals surface area contributed by atoms with Gasteiger partial charge in [0, 0.05) is 31.3 Å². The number of carbonyl (C=O) groups excluding carboxylic acids is 1. The van der Waals surface area contributed by atoms with E-state index in [1.54, 1.807) is 60.9 Å². The van der Waals surface area contributed by atoms with Crippen LogP contribution in [0.3, 0.4) is 0 Å². The fraction of sp³-hybridized carbons (Fsp3) is 0.217. The van der Waals surface area contributed by atoms with Gasteiger partial charge in [-0.05, 0) is 36.4 Å². The first-order chi connectivity index (χ1) is 15.8. The predicted octanol–water partition coefficient (Wildman–Crippen LogP) is 3.52. The summed E-state index contributed by atoms with van der Waals surface area (Å²) in [6, 6.07) is 12.6. The number of nitrogens with zero attached hydrogens (tertiary/aromatic N) is 4. The molecule has 0 aliphatic rings. The maximum atomic E-state index is 13.1. The standard InChI is InChI=1S/C23H23N5O4/c1-30-14-15-31-13-11-28-16-19(22(27-28)18-7-2-3-9-24-18)26-23(29)21-17(6-4-10-25-21)20-8-5-12-32-20/h2-10,12,16H,11,13-15H2,1H3,(H,26,29). The summed E-state index contributed by atoms with van der Waals surface area (Å²) < 4.78 is 17.7. The molecule has 0 radical (unpaired) electrons. The Balaban J connectivity index is 1.58. The molecule has 0 aliphatic heterocycles. The number of nitrogens with one attached hydrogen (secondary N) is 1. The number of anilines is 1. The third-order valence-electron chi connectivity index (χ3n) is 4.62. The van der Waals surface area contributed by atoms with Crippen LogP contribution in [0.1, 0.15) is 10.5 Å². The molecule has 1 amide bonds. The first-order valence-corrected chi connectivity index (χ1v) is 10.1. The normalized spacial score (nSPS) is 10.9. The zero-order chi connectivity index (χ0) is 22.2. The highest BCUT2D eigenvalue weighted by Crippen LogP contribution is 2.27. The summed E-state index contributed by atoms with van der Waals surface area (Å²) in [6.45, 7) is 2.01. The first kappa shape index (κ1) is 21.4. The molecule has 0 saturated heterocycles. The van der Waals surface area contributed by atoms with Crippen molar-refractivity contribution in [3.05, 3.63) is 73.0 Å². The zero-order valence-electron chi connectivity index (χ0n) is 17.6. The molecule has 0 spiro atoms. The lowest BCUT2D eigenvalue weighted by Gasteiger charge is -2.07. The number of rotatable bonds is 10. The van der Waals surface area contributed by atoms with Gasteiger partial charge in [-0.25, -0.2) is 0 Å². The SMILES string of the molecule is COCCOCCn1cc(NC(=O)c2ncccc2-c2ccco2)c(-c2ccccn2)n1. The number of hydrogen-bond acceptors (Lipinski definition) is 7. The van der Waals surface area contributed by atoms with Gasteiger partial charge in [0.05, 0.1) is 44.0 Å². The molecule has 0 bridgehead atoms. The number of aromatic nitrogens is 4. The van der Waals surface area contributed by atoms with E-state index in [1.165, 1.54) is 0 Å². The summed E-state index contributed by atoms with van der Waals surface area (Å²) in [6.07, 6.45) is 6.57. The van der Waals surface area contributed by atoms with Crippen molar-refractivity contribution in [2.75, 3.05) is 32.2 Å². The Morgan fingerprint density at radius 1 is 1.06 bits per heavy atom. The van der Waals surface area contributed by atoms with E-state index in [1.807, 2.05) is 18.2 Å². The van der Waals surface area contributed by atoms with Crippen molar-refractivity contribution >= 4 is 11.6 Å². The molecular weight excluding hydrogens is 410 g/mol. The minimum Gasteiger partial charge on any atom is -0.464 e. The summed E-state index contributed by atoms with van der Waals surface area (Å²) in [4.78, 5) is 21.8. The van der Waals surface area contributed by atoms with Crippen LogP contribution in [0.15, 0.2) is 71.7 Å². The van der Waals surface area contributed by atoms with Crippen LogP contribution in [0.4, 0.5) is 5.69 Å². The lowest BCUT2D eigenvalue weighted by molar-refractivity contribution is 0.0654. The molecule has 0 aromatic carbocycles. The van der Waals surface area contributed by atoms with E-state index in [-0.39, 0.29) is 11.6 Å². The molecule has 0 atom stereocenters. The molecule has 164 valence electrons. The number of amides is 1. The van der Waals surface area contributed by atoms with Crippen molar-refractivity contribution in [2.24, 2.45) is 0 Å². The molecule has 0 aliphatic carbocycles. The van der Waals surface area contributed by atoms with Crippen LogP contribution >= 0.6 is 0 Å². The Hall–Kier alpha value is -3.82. The van der Waals surface area contributed by atoms with E-state index >= 15 is 0 Å². The second-order valence-electron chi connectivity index (χ2n) is 6.81. The zero-order valence-corrected chi connectivity index (χ0v) is 17.6. The average molecular weight is 433 g/mol. The van der Waals surface area contributed by atoms with Crippen molar-refractivity contribution in [2.45, 2.75) is 6.54 Å². The van der Waals surface area contributed by atoms with Crippen LogP contribution in [-0.4, -0.2) is 52.6 Å². The van der Waals surface area contributed by atoms with Crippen molar-refractivity contribution in [1.29, 1.82) is 0 Å². The summed E-state index contributed by atoms with van der Waals surface area (Å²) in [5.41, 5.74) is 2.60. The predicted molar refractivity (Wildman–Crippen MR) is 118 cm³/mol. The second kappa shape index (κ2) is 10.5. The van der Waals surface area contributed by atoms with Gasteiger partial charge >= 0.3 is 0 Å². The van der Waals surface area contributed by atoms with Crippen LogP contribution in [0.5, 0.6) is 0 Å². The average Bonchev–Trinajstić information content (AvgIpc) is 3.50. The summed E-state index contributed by atoms with van der Waals surface area (Å²) >= 11 is 0. The van der Waals surface area contributed by atoms with Gasteiger partial charge in [-0.2, -0.15) is 5.10 Å². The molecule has 9 heteroatoms. The molecule has 9 nitrogen and oxygen atoms in total. The van der Waals surface area contributed by atoms with E-state index in [9.17, 15) is 4.79 Å². The number of carbonyl (C=O) groups is 1. The summed E-state index contributed by atoms with van der Waals surface area (Å²) in [7, 11) is 1.63. The molecule has 32 heavy (non-hydrogen) atoms. The van der Waals surface area contributed by atoms with E-state index in [0.29, 0.717) is 54.8 Å². The summed E-state index contributed by atoms with van der Waals surface area (Å²) in [5.74, 6) is 0.196. The van der Waals surface area contributed by atoms with E-state index in [0.717, 1.165) is 0 Å². The highest BCUT2D eigenvalue weighted by atomic mass is 16.5. The largest absolute Gasteiger partial charge is 0.464 e. The van der Waals surface area contributed by atoms with E-state index in [4.69, 9.17) is 13.9 Å². The maximum absolute atomic E-state index is 13.1. The maximum Gasteiger partial charge on any atom is 0.275 e. The minimum absolute atomic E-state index is 0.255.